The molecule has 0 unspecified atom stereocenters. The van der Waals surface area contributed by atoms with Gasteiger partial charge in [-0.3, -0.25) is 9.59 Å². The molecule has 0 aliphatic carbocycles. The van der Waals surface area contributed by atoms with Gasteiger partial charge in [-0.15, -0.1) is 0 Å². The normalized spacial score (nSPS) is 11.6. The lowest BCUT2D eigenvalue weighted by molar-refractivity contribution is -0.121. The molecule has 0 aliphatic rings. The summed E-state index contributed by atoms with van der Waals surface area (Å²) in [6.45, 7) is 3.39. The van der Waals surface area contributed by atoms with Crippen molar-refractivity contribution in [1.82, 2.24) is 5.32 Å². The number of hydrogen-bond acceptors (Lipinski definition) is 2. The quantitative estimate of drug-likeness (QED) is 0.877. The summed E-state index contributed by atoms with van der Waals surface area (Å²) in [5, 5.41) is 6.33. The number of hydrogen-bond donors (Lipinski definition) is 2. The van der Waals surface area contributed by atoms with Crippen molar-refractivity contribution in [2.24, 2.45) is 0 Å². The van der Waals surface area contributed by atoms with Crippen molar-refractivity contribution in [1.29, 1.82) is 0 Å². The van der Waals surface area contributed by atoms with E-state index in [1.54, 1.807) is 24.3 Å². The van der Waals surface area contributed by atoms with Gasteiger partial charge in [0.05, 0.1) is 12.5 Å². The lowest BCUT2D eigenvalue weighted by atomic mass is 10.1. The van der Waals surface area contributed by atoms with E-state index in [0.717, 1.165) is 16.8 Å². The van der Waals surface area contributed by atoms with Gasteiger partial charge in [0.1, 0.15) is 0 Å². The lowest BCUT2D eigenvalue weighted by Gasteiger charge is -2.14. The fraction of sp³-hybridized carbons (Fsp3) is 0.222. The van der Waals surface area contributed by atoms with Crippen molar-refractivity contribution in [3.63, 3.8) is 0 Å². The minimum atomic E-state index is -0.118. The highest BCUT2D eigenvalue weighted by molar-refractivity contribution is 6.30. The van der Waals surface area contributed by atoms with Gasteiger partial charge >= 0.3 is 0 Å². The smallest absolute Gasteiger partial charge is 0.224 e. The average Bonchev–Trinajstić information content (AvgIpc) is 2.49. The van der Waals surface area contributed by atoms with Crippen molar-refractivity contribution >= 4 is 29.1 Å². The monoisotopic (exact) mass is 330 g/mol. The molecule has 0 saturated heterocycles. The minimum Gasteiger partial charge on any atom is -0.349 e. The Labute approximate surface area is 140 Å². The molecule has 0 fully saturated rings. The topological polar surface area (TPSA) is 58.2 Å². The molecular weight excluding hydrogens is 312 g/mol. The molecule has 0 aliphatic heterocycles. The van der Waals surface area contributed by atoms with Gasteiger partial charge in [-0.2, -0.15) is 0 Å². The predicted octanol–water partition coefficient (Wildman–Crippen LogP) is 3.72. The first kappa shape index (κ1) is 17.0. The zero-order valence-electron chi connectivity index (χ0n) is 13.1. The predicted molar refractivity (Wildman–Crippen MR) is 92.5 cm³/mol. The van der Waals surface area contributed by atoms with E-state index < -0.39 is 0 Å². The second-order valence-corrected chi connectivity index (χ2v) is 5.83. The fourth-order valence-electron chi connectivity index (χ4n) is 2.22. The molecule has 0 spiro atoms. The van der Waals surface area contributed by atoms with Crippen molar-refractivity contribution < 1.29 is 9.59 Å². The van der Waals surface area contributed by atoms with Crippen molar-refractivity contribution in [3.8, 4) is 0 Å². The number of amides is 2. The second-order valence-electron chi connectivity index (χ2n) is 5.40. The molecule has 2 amide bonds. The number of anilines is 1. The molecule has 2 aromatic rings. The van der Waals surface area contributed by atoms with Crippen LogP contribution in [0.4, 0.5) is 5.69 Å². The Morgan fingerprint density at radius 3 is 2.22 bits per heavy atom. The molecule has 4 nitrogen and oxygen atoms in total. The van der Waals surface area contributed by atoms with Crippen LogP contribution >= 0.6 is 11.6 Å². The maximum atomic E-state index is 12.1. The Bertz CT molecular complexity index is 681. The van der Waals surface area contributed by atoms with Gasteiger partial charge in [0.2, 0.25) is 11.8 Å². The first-order valence-electron chi connectivity index (χ1n) is 7.35. The summed E-state index contributed by atoms with van der Waals surface area (Å²) in [4.78, 5) is 23.1. The van der Waals surface area contributed by atoms with E-state index in [-0.39, 0.29) is 24.3 Å². The van der Waals surface area contributed by atoms with Crippen molar-refractivity contribution in [2.75, 3.05) is 5.32 Å². The van der Waals surface area contributed by atoms with Crippen molar-refractivity contribution in [2.45, 2.75) is 26.3 Å². The van der Waals surface area contributed by atoms with Crippen LogP contribution < -0.4 is 10.6 Å². The number of carbonyl (C=O) groups is 2. The molecule has 0 aromatic heterocycles. The number of benzene rings is 2. The first-order valence-corrected chi connectivity index (χ1v) is 7.73. The van der Waals surface area contributed by atoms with E-state index in [1.807, 2.05) is 31.2 Å². The molecule has 1 atom stereocenters. The molecule has 2 rings (SSSR count). The third-order valence-electron chi connectivity index (χ3n) is 3.39. The fourth-order valence-corrected chi connectivity index (χ4v) is 2.35. The summed E-state index contributed by atoms with van der Waals surface area (Å²) in [6.07, 6.45) is 0.290. The van der Waals surface area contributed by atoms with Crippen LogP contribution in [0.3, 0.4) is 0 Å². The van der Waals surface area contributed by atoms with Gasteiger partial charge in [0, 0.05) is 17.6 Å². The summed E-state index contributed by atoms with van der Waals surface area (Å²) in [5.41, 5.74) is 2.61. The van der Waals surface area contributed by atoms with Crippen LogP contribution in [0.5, 0.6) is 0 Å². The Kier molecular flexibility index (Phi) is 5.77. The van der Waals surface area contributed by atoms with E-state index >= 15 is 0 Å². The first-order chi connectivity index (χ1) is 10.9. The van der Waals surface area contributed by atoms with E-state index in [9.17, 15) is 9.59 Å². The maximum absolute atomic E-state index is 12.1. The van der Waals surface area contributed by atoms with Crippen molar-refractivity contribution in [3.05, 3.63) is 64.7 Å². The van der Waals surface area contributed by atoms with Crippen LogP contribution in [-0.4, -0.2) is 11.8 Å². The van der Waals surface area contributed by atoms with Gasteiger partial charge in [-0.05, 0) is 42.3 Å². The third kappa shape index (κ3) is 5.42. The van der Waals surface area contributed by atoms with Crippen LogP contribution in [0, 0.1) is 0 Å². The Hall–Kier alpha value is -2.33. The summed E-state index contributed by atoms with van der Waals surface area (Å²) >= 11 is 5.86. The second kappa shape index (κ2) is 7.79. The Morgan fingerprint density at radius 2 is 1.65 bits per heavy atom. The molecule has 0 radical (unpaired) electrons. The summed E-state index contributed by atoms with van der Waals surface area (Å²) in [5.74, 6) is -0.174. The van der Waals surface area contributed by atoms with Crippen LogP contribution in [0.2, 0.25) is 5.02 Å². The molecule has 2 N–H and O–H groups in total. The number of halogens is 1. The minimum absolute atomic E-state index is 0.0558. The average molecular weight is 331 g/mol. The standard InChI is InChI=1S/C18H19ClN2O2/c1-12(15-5-7-16(19)8-6-15)20-18(23)11-14-3-9-17(10-4-14)21-13(2)22/h3-10,12H,11H2,1-2H3,(H,20,23)(H,21,22)/t12-/m1/s1. The maximum Gasteiger partial charge on any atom is 0.224 e. The number of rotatable bonds is 5. The molecule has 120 valence electrons. The van der Waals surface area contributed by atoms with Gasteiger partial charge < -0.3 is 10.6 Å². The van der Waals surface area contributed by atoms with Crippen LogP contribution in [0.25, 0.3) is 0 Å². The molecule has 2 aromatic carbocycles. The Balaban J connectivity index is 1.91. The largest absolute Gasteiger partial charge is 0.349 e. The zero-order valence-corrected chi connectivity index (χ0v) is 13.9. The highest BCUT2D eigenvalue weighted by Gasteiger charge is 2.10. The van der Waals surface area contributed by atoms with E-state index in [2.05, 4.69) is 10.6 Å². The highest BCUT2D eigenvalue weighted by atomic mass is 35.5. The van der Waals surface area contributed by atoms with Gasteiger partial charge in [-0.1, -0.05) is 35.9 Å². The van der Waals surface area contributed by atoms with Crippen LogP contribution in [-0.2, 0) is 16.0 Å². The van der Waals surface area contributed by atoms with E-state index in [1.165, 1.54) is 6.92 Å². The summed E-state index contributed by atoms with van der Waals surface area (Å²) in [6, 6.07) is 14.6. The van der Waals surface area contributed by atoms with Crippen LogP contribution in [0.15, 0.2) is 48.5 Å². The Morgan fingerprint density at radius 1 is 1.04 bits per heavy atom. The molecule has 0 bridgehead atoms. The lowest BCUT2D eigenvalue weighted by Crippen LogP contribution is -2.28. The zero-order chi connectivity index (χ0) is 16.8. The third-order valence-corrected chi connectivity index (χ3v) is 3.64. The number of carbonyl (C=O) groups excluding carboxylic acids is 2. The van der Waals surface area contributed by atoms with Gasteiger partial charge in [0.25, 0.3) is 0 Å². The summed E-state index contributed by atoms with van der Waals surface area (Å²) < 4.78 is 0. The van der Waals surface area contributed by atoms with Gasteiger partial charge in [-0.25, -0.2) is 0 Å². The van der Waals surface area contributed by atoms with Crippen LogP contribution in [0.1, 0.15) is 31.0 Å². The molecule has 5 heteroatoms. The molecular formula is C18H19ClN2O2. The summed E-state index contributed by atoms with van der Waals surface area (Å²) in [7, 11) is 0. The highest BCUT2D eigenvalue weighted by Crippen LogP contribution is 2.16. The molecule has 0 heterocycles. The van der Waals surface area contributed by atoms with Gasteiger partial charge in [0.15, 0.2) is 0 Å². The molecule has 23 heavy (non-hydrogen) atoms. The van der Waals surface area contributed by atoms with E-state index in [4.69, 9.17) is 11.6 Å². The molecule has 0 saturated carbocycles. The SMILES string of the molecule is CC(=O)Nc1ccc(CC(=O)N[C@H](C)c2ccc(Cl)cc2)cc1. The van der Waals surface area contributed by atoms with E-state index in [0.29, 0.717) is 5.02 Å². The number of nitrogens with one attached hydrogen (secondary N) is 2.